The fourth-order valence-corrected chi connectivity index (χ4v) is 7.21. The first-order valence-electron chi connectivity index (χ1n) is 13.9. The van der Waals surface area contributed by atoms with E-state index in [1.54, 1.807) is 41.5 Å². The maximum Gasteiger partial charge on any atom is 0.475 e. The highest BCUT2D eigenvalue weighted by atomic mass is 35.5. The third-order valence-electron chi connectivity index (χ3n) is 5.70. The Kier molecular flexibility index (Phi) is 11.1. The van der Waals surface area contributed by atoms with Crippen LogP contribution >= 0.6 is 42.4 Å². The summed E-state index contributed by atoms with van der Waals surface area (Å²) < 4.78 is 91.4. The van der Waals surface area contributed by atoms with Gasteiger partial charge in [0.2, 0.25) is 0 Å². The van der Waals surface area contributed by atoms with Gasteiger partial charge in [-0.1, -0.05) is 34.5 Å². The number of aromatic nitrogens is 4. The van der Waals surface area contributed by atoms with E-state index < -0.39 is 61.9 Å². The van der Waals surface area contributed by atoms with E-state index >= 15 is 4.39 Å². The van der Waals surface area contributed by atoms with Crippen molar-refractivity contribution in [2.45, 2.75) is 65.0 Å². The zero-order valence-electron chi connectivity index (χ0n) is 26.2. The van der Waals surface area contributed by atoms with Crippen LogP contribution in [0.5, 0.6) is 5.75 Å². The van der Waals surface area contributed by atoms with Gasteiger partial charge in [-0.2, -0.15) is 13.2 Å². The van der Waals surface area contributed by atoms with E-state index in [0.717, 1.165) is 40.1 Å². The molecular formula is C28H30Cl2F4N5O7PS. The highest BCUT2D eigenvalue weighted by Crippen LogP contribution is 2.55. The molecule has 0 saturated heterocycles. The van der Waals surface area contributed by atoms with E-state index in [1.807, 2.05) is 0 Å². The molecule has 0 aliphatic rings. The first-order valence-corrected chi connectivity index (χ1v) is 16.9. The van der Waals surface area contributed by atoms with Crippen molar-refractivity contribution in [1.82, 2.24) is 24.9 Å². The Labute approximate surface area is 285 Å². The Morgan fingerprint density at radius 3 is 2.21 bits per heavy atom. The largest absolute Gasteiger partial charge is 0.488 e. The molecule has 4 aromatic rings. The number of hydrogen-bond acceptors (Lipinski definition) is 10. The molecule has 0 spiro atoms. The summed E-state index contributed by atoms with van der Waals surface area (Å²) in [6.07, 6.45) is -3.94. The van der Waals surface area contributed by atoms with Crippen LogP contribution in [0.1, 0.15) is 47.1 Å². The molecule has 0 aliphatic heterocycles. The SMILES string of the molecule is CC(C)(C)OP(=O)(OCC(COc1cc(Cl)c(-c2nnc(-c3cn4cc(C(F)(F)F)cc(Cl)c4n3)s2)cc1F)NC(=O)O)OC(C)(C)C. The highest BCUT2D eigenvalue weighted by Gasteiger charge is 2.38. The number of amides is 1. The number of nitrogens with one attached hydrogen (secondary N) is 1. The molecule has 12 nitrogen and oxygen atoms in total. The minimum absolute atomic E-state index is 0.0115. The number of phosphoric acid groups is 1. The van der Waals surface area contributed by atoms with Crippen LogP contribution in [0.15, 0.2) is 30.6 Å². The molecule has 3 heterocycles. The predicted octanol–water partition coefficient (Wildman–Crippen LogP) is 8.75. The molecule has 0 bridgehead atoms. The monoisotopic (exact) mass is 757 g/mol. The summed E-state index contributed by atoms with van der Waals surface area (Å²) in [5.74, 6) is -1.24. The van der Waals surface area contributed by atoms with Crippen molar-refractivity contribution in [3.8, 4) is 27.0 Å². The number of ether oxygens (including phenoxy) is 1. The summed E-state index contributed by atoms with van der Waals surface area (Å²) in [5, 5.41) is 19.6. The number of carboxylic acid groups (broad SMARTS) is 1. The molecule has 1 atom stereocenters. The number of alkyl halides is 3. The Morgan fingerprint density at radius 2 is 1.62 bits per heavy atom. The van der Waals surface area contributed by atoms with E-state index in [0.29, 0.717) is 0 Å². The lowest BCUT2D eigenvalue weighted by molar-refractivity contribution is -0.137. The number of halogens is 6. The number of carbonyl (C=O) groups is 1. The molecule has 4 rings (SSSR count). The average Bonchev–Trinajstić information content (AvgIpc) is 3.56. The standard InChI is InChI=1S/C28H30Cl2F4N5O7PS/c1-26(2,3)45-47(42,46-27(4,5)6)44-13-15(35-25(40)41)12-43-21-9-17(29)16(8-19(21)31)23-37-38-24(48-23)20-11-39-10-14(28(32,33)34)7-18(30)22(39)36-20/h7-11,15,35H,12-13H2,1-6H3,(H,40,41). The van der Waals surface area contributed by atoms with Crippen molar-refractivity contribution >= 4 is 54.1 Å². The molecule has 48 heavy (non-hydrogen) atoms. The Balaban J connectivity index is 1.51. The van der Waals surface area contributed by atoms with Gasteiger partial charge in [0.05, 0.1) is 39.5 Å². The molecular weight excluding hydrogens is 728 g/mol. The van der Waals surface area contributed by atoms with Gasteiger partial charge in [0, 0.05) is 24.0 Å². The number of pyridine rings is 1. The third-order valence-corrected chi connectivity index (χ3v) is 9.28. The zero-order chi connectivity index (χ0) is 35.8. The summed E-state index contributed by atoms with van der Waals surface area (Å²) >= 11 is 13.4. The highest BCUT2D eigenvalue weighted by molar-refractivity contribution is 7.48. The molecule has 0 aliphatic carbocycles. The molecule has 3 aromatic heterocycles. The van der Waals surface area contributed by atoms with Gasteiger partial charge in [-0.15, -0.1) is 10.2 Å². The normalized spacial score (nSPS) is 13.6. The molecule has 2 N–H and O–H groups in total. The van der Waals surface area contributed by atoms with Gasteiger partial charge in [-0.25, -0.2) is 18.7 Å². The van der Waals surface area contributed by atoms with Crippen molar-refractivity contribution in [3.05, 3.63) is 52.0 Å². The maximum absolute atomic E-state index is 15.2. The van der Waals surface area contributed by atoms with Crippen molar-refractivity contribution in [3.63, 3.8) is 0 Å². The second-order valence-corrected chi connectivity index (χ2v) is 15.5. The van der Waals surface area contributed by atoms with E-state index in [4.69, 9.17) is 41.5 Å². The zero-order valence-corrected chi connectivity index (χ0v) is 29.4. The van der Waals surface area contributed by atoms with Crippen LogP contribution in [0.3, 0.4) is 0 Å². The molecule has 1 aromatic carbocycles. The fourth-order valence-electron chi connectivity index (χ4n) is 3.97. The van der Waals surface area contributed by atoms with Gasteiger partial charge in [0.15, 0.2) is 22.2 Å². The molecule has 262 valence electrons. The van der Waals surface area contributed by atoms with Gasteiger partial charge in [0.1, 0.15) is 17.3 Å². The van der Waals surface area contributed by atoms with Crippen molar-refractivity contribution in [1.29, 1.82) is 0 Å². The van der Waals surface area contributed by atoms with Gasteiger partial charge < -0.3 is 19.6 Å². The van der Waals surface area contributed by atoms with Gasteiger partial charge in [0.25, 0.3) is 0 Å². The first-order chi connectivity index (χ1) is 22.0. The Hall–Kier alpha value is -3.05. The molecule has 20 heteroatoms. The molecule has 1 unspecified atom stereocenters. The molecule has 0 fully saturated rings. The van der Waals surface area contributed by atoms with E-state index in [1.165, 1.54) is 6.20 Å². The minimum atomic E-state index is -4.62. The number of benzene rings is 1. The van der Waals surface area contributed by atoms with Crippen LogP contribution in [0.4, 0.5) is 22.4 Å². The van der Waals surface area contributed by atoms with Crippen molar-refractivity contribution in [2.24, 2.45) is 0 Å². The Morgan fingerprint density at radius 1 is 1.00 bits per heavy atom. The van der Waals surface area contributed by atoms with Crippen LogP contribution in [0.2, 0.25) is 10.0 Å². The first kappa shape index (κ1) is 37.8. The summed E-state index contributed by atoms with van der Waals surface area (Å²) in [4.78, 5) is 15.7. The average molecular weight is 759 g/mol. The molecule has 0 radical (unpaired) electrons. The van der Waals surface area contributed by atoms with E-state index in [2.05, 4.69) is 20.5 Å². The molecule has 1 amide bonds. The molecule has 0 saturated carbocycles. The van der Waals surface area contributed by atoms with E-state index in [9.17, 15) is 27.6 Å². The number of phosphoric ester groups is 1. The number of hydrogen-bond donors (Lipinski definition) is 2. The van der Waals surface area contributed by atoms with Crippen LogP contribution < -0.4 is 10.1 Å². The quantitative estimate of drug-likeness (QED) is 0.112. The lowest BCUT2D eigenvalue weighted by atomic mass is 10.2. The van der Waals surface area contributed by atoms with Crippen molar-refractivity contribution in [2.75, 3.05) is 13.2 Å². The van der Waals surface area contributed by atoms with E-state index in [-0.39, 0.29) is 42.7 Å². The van der Waals surface area contributed by atoms with Crippen LogP contribution in [-0.2, 0) is 24.3 Å². The summed E-state index contributed by atoms with van der Waals surface area (Å²) in [6, 6.07) is 1.78. The lowest BCUT2D eigenvalue weighted by Crippen LogP contribution is -2.42. The van der Waals surface area contributed by atoms with Gasteiger partial charge in [-0.3, -0.25) is 13.6 Å². The summed E-state index contributed by atoms with van der Waals surface area (Å²) in [5.41, 5.74) is -2.49. The van der Waals surface area contributed by atoms with Crippen LogP contribution in [0, 0.1) is 5.82 Å². The van der Waals surface area contributed by atoms with Gasteiger partial charge >= 0.3 is 20.1 Å². The topological polar surface area (TPSA) is 146 Å². The minimum Gasteiger partial charge on any atom is -0.488 e. The third kappa shape index (κ3) is 10.00. The second-order valence-electron chi connectivity index (χ2n) is 12.2. The smallest absolute Gasteiger partial charge is 0.475 e. The Bertz CT molecular complexity index is 1840. The second kappa shape index (κ2) is 14.1. The fraction of sp³-hybridized carbons (Fsp3) is 0.429. The number of fused-ring (bicyclic) bond motifs is 1. The van der Waals surface area contributed by atoms with Crippen LogP contribution in [0.25, 0.3) is 26.9 Å². The maximum atomic E-state index is 15.2. The summed E-state index contributed by atoms with van der Waals surface area (Å²) in [7, 11) is -4.21. The summed E-state index contributed by atoms with van der Waals surface area (Å²) in [6.45, 7) is 8.81. The van der Waals surface area contributed by atoms with Crippen LogP contribution in [-0.4, -0.2) is 61.2 Å². The predicted molar refractivity (Wildman–Crippen MR) is 170 cm³/mol. The van der Waals surface area contributed by atoms with Crippen molar-refractivity contribution < 1.29 is 50.3 Å². The van der Waals surface area contributed by atoms with Gasteiger partial charge in [-0.05, 0) is 53.7 Å². The number of imidazole rings is 1. The number of rotatable bonds is 11. The lowest BCUT2D eigenvalue weighted by Gasteiger charge is -2.31. The number of nitrogens with zero attached hydrogens (tertiary/aromatic N) is 4.